The Morgan fingerprint density at radius 1 is 0.926 bits per heavy atom. The fourth-order valence-electron chi connectivity index (χ4n) is 2.19. The topological polar surface area (TPSA) is 90.9 Å². The molecular formula is C20H21NO6. The van der Waals surface area contributed by atoms with Gasteiger partial charge in [-0.3, -0.25) is 9.59 Å². The average molecular weight is 371 g/mol. The number of rotatable bonds is 8. The fraction of sp³-hybridized carbons (Fsp3) is 0.250. The summed E-state index contributed by atoms with van der Waals surface area (Å²) in [6, 6.07) is 11.6. The Hall–Kier alpha value is -3.35. The number of carbonyl (C=O) groups excluding carboxylic acids is 3. The highest BCUT2D eigenvalue weighted by Gasteiger charge is 2.08. The standard InChI is InChI=1S/C20H21NO6/c1-13-10-17(27-12-20(24)25-3)8-9-18(13)21-19(23)11-26-16-6-4-15(5-7-16)14(2)22/h4-10H,11-12H2,1-3H3,(H,21,23). The van der Waals surface area contributed by atoms with Crippen LogP contribution in [0.4, 0.5) is 5.69 Å². The van der Waals surface area contributed by atoms with Gasteiger partial charge in [0.25, 0.3) is 5.91 Å². The molecule has 0 unspecified atom stereocenters. The van der Waals surface area contributed by atoms with Crippen molar-refractivity contribution in [2.45, 2.75) is 13.8 Å². The molecule has 2 rings (SSSR count). The van der Waals surface area contributed by atoms with E-state index in [0.717, 1.165) is 5.56 Å². The molecule has 0 saturated heterocycles. The largest absolute Gasteiger partial charge is 0.484 e. The Labute approximate surface area is 157 Å². The first-order chi connectivity index (χ1) is 12.9. The molecule has 2 aromatic carbocycles. The fourth-order valence-corrected chi connectivity index (χ4v) is 2.19. The van der Waals surface area contributed by atoms with E-state index >= 15 is 0 Å². The monoisotopic (exact) mass is 371 g/mol. The number of ketones is 1. The number of methoxy groups -OCH3 is 1. The van der Waals surface area contributed by atoms with Crippen molar-refractivity contribution >= 4 is 23.3 Å². The molecule has 1 N–H and O–H groups in total. The number of Topliss-reactive ketones (excluding diaryl/α,β-unsaturated/α-hetero) is 1. The second-order valence-electron chi connectivity index (χ2n) is 5.76. The van der Waals surface area contributed by atoms with E-state index in [9.17, 15) is 14.4 Å². The summed E-state index contributed by atoms with van der Waals surface area (Å²) < 4.78 is 15.2. The number of hydrogen-bond donors (Lipinski definition) is 1. The minimum Gasteiger partial charge on any atom is -0.484 e. The molecule has 0 aliphatic rings. The number of amides is 1. The van der Waals surface area contributed by atoms with Gasteiger partial charge in [-0.2, -0.15) is 0 Å². The zero-order valence-corrected chi connectivity index (χ0v) is 15.4. The van der Waals surface area contributed by atoms with Gasteiger partial charge in [0, 0.05) is 11.3 Å². The zero-order valence-electron chi connectivity index (χ0n) is 15.4. The minimum atomic E-state index is -0.474. The zero-order chi connectivity index (χ0) is 19.8. The van der Waals surface area contributed by atoms with E-state index in [4.69, 9.17) is 9.47 Å². The highest BCUT2D eigenvalue weighted by Crippen LogP contribution is 2.21. The summed E-state index contributed by atoms with van der Waals surface area (Å²) in [6.07, 6.45) is 0. The number of ether oxygens (including phenoxy) is 3. The lowest BCUT2D eigenvalue weighted by Gasteiger charge is -2.11. The van der Waals surface area contributed by atoms with E-state index < -0.39 is 5.97 Å². The highest BCUT2D eigenvalue weighted by molar-refractivity contribution is 5.94. The molecule has 0 aliphatic heterocycles. The van der Waals surface area contributed by atoms with Crippen molar-refractivity contribution in [3.05, 3.63) is 53.6 Å². The van der Waals surface area contributed by atoms with Crippen LogP contribution in [0.1, 0.15) is 22.8 Å². The molecule has 2 aromatic rings. The molecule has 0 fully saturated rings. The molecule has 0 heterocycles. The lowest BCUT2D eigenvalue weighted by Crippen LogP contribution is -2.20. The molecule has 0 atom stereocenters. The van der Waals surface area contributed by atoms with Crippen molar-refractivity contribution in [2.75, 3.05) is 25.6 Å². The van der Waals surface area contributed by atoms with Crippen LogP contribution in [0.2, 0.25) is 0 Å². The van der Waals surface area contributed by atoms with E-state index in [1.807, 2.05) is 6.92 Å². The average Bonchev–Trinajstić information content (AvgIpc) is 2.66. The summed E-state index contributed by atoms with van der Waals surface area (Å²) in [6.45, 7) is 2.94. The number of hydrogen-bond acceptors (Lipinski definition) is 6. The number of benzene rings is 2. The third-order valence-corrected chi connectivity index (χ3v) is 3.69. The Balaban J connectivity index is 1.87. The van der Waals surface area contributed by atoms with Crippen molar-refractivity contribution < 1.29 is 28.6 Å². The molecule has 27 heavy (non-hydrogen) atoms. The number of nitrogens with one attached hydrogen (secondary N) is 1. The number of anilines is 1. The van der Waals surface area contributed by atoms with Crippen LogP contribution in [0, 0.1) is 6.92 Å². The second kappa shape index (κ2) is 9.38. The smallest absolute Gasteiger partial charge is 0.343 e. The first-order valence-corrected chi connectivity index (χ1v) is 8.23. The van der Waals surface area contributed by atoms with E-state index in [-0.39, 0.29) is 24.9 Å². The van der Waals surface area contributed by atoms with Gasteiger partial charge in [-0.05, 0) is 61.9 Å². The maximum Gasteiger partial charge on any atom is 0.343 e. The normalized spacial score (nSPS) is 10.0. The van der Waals surface area contributed by atoms with Crippen LogP contribution in [-0.2, 0) is 14.3 Å². The molecule has 0 aromatic heterocycles. The van der Waals surface area contributed by atoms with E-state index in [1.54, 1.807) is 42.5 Å². The summed E-state index contributed by atoms with van der Waals surface area (Å²) in [5.41, 5.74) is 1.97. The molecule has 0 saturated carbocycles. The molecular weight excluding hydrogens is 350 g/mol. The maximum absolute atomic E-state index is 12.1. The molecule has 142 valence electrons. The van der Waals surface area contributed by atoms with Gasteiger partial charge < -0.3 is 19.5 Å². The van der Waals surface area contributed by atoms with Crippen LogP contribution >= 0.6 is 0 Å². The van der Waals surface area contributed by atoms with Crippen LogP contribution in [0.3, 0.4) is 0 Å². The van der Waals surface area contributed by atoms with Gasteiger partial charge in [0.15, 0.2) is 19.0 Å². The van der Waals surface area contributed by atoms with E-state index in [0.29, 0.717) is 22.7 Å². The summed E-state index contributed by atoms with van der Waals surface area (Å²) in [7, 11) is 1.29. The van der Waals surface area contributed by atoms with Gasteiger partial charge in [0.1, 0.15) is 11.5 Å². The Bertz CT molecular complexity index is 829. The Morgan fingerprint density at radius 3 is 2.15 bits per heavy atom. The third kappa shape index (κ3) is 6.14. The molecule has 7 nitrogen and oxygen atoms in total. The first-order valence-electron chi connectivity index (χ1n) is 8.23. The van der Waals surface area contributed by atoms with Gasteiger partial charge in [0.2, 0.25) is 0 Å². The predicted octanol–water partition coefficient (Wildman–Crippen LogP) is 2.77. The molecule has 0 bridgehead atoms. The number of carbonyl (C=O) groups is 3. The lowest BCUT2D eigenvalue weighted by molar-refractivity contribution is -0.142. The predicted molar refractivity (Wildman–Crippen MR) is 99.3 cm³/mol. The quantitative estimate of drug-likeness (QED) is 0.567. The van der Waals surface area contributed by atoms with Gasteiger partial charge >= 0.3 is 5.97 Å². The third-order valence-electron chi connectivity index (χ3n) is 3.69. The van der Waals surface area contributed by atoms with Crippen molar-refractivity contribution in [1.29, 1.82) is 0 Å². The lowest BCUT2D eigenvalue weighted by atomic mass is 10.1. The summed E-state index contributed by atoms with van der Waals surface area (Å²) >= 11 is 0. The second-order valence-corrected chi connectivity index (χ2v) is 5.76. The van der Waals surface area contributed by atoms with Crippen molar-refractivity contribution in [3.63, 3.8) is 0 Å². The van der Waals surface area contributed by atoms with Crippen LogP contribution in [-0.4, -0.2) is 38.0 Å². The van der Waals surface area contributed by atoms with Crippen molar-refractivity contribution in [2.24, 2.45) is 0 Å². The van der Waals surface area contributed by atoms with E-state index in [1.165, 1.54) is 14.0 Å². The van der Waals surface area contributed by atoms with Gasteiger partial charge in [-0.1, -0.05) is 0 Å². The van der Waals surface area contributed by atoms with Gasteiger partial charge in [-0.15, -0.1) is 0 Å². The summed E-state index contributed by atoms with van der Waals surface area (Å²) in [4.78, 5) is 34.4. The SMILES string of the molecule is COC(=O)COc1ccc(NC(=O)COc2ccc(C(C)=O)cc2)c(C)c1. The van der Waals surface area contributed by atoms with Crippen LogP contribution in [0.25, 0.3) is 0 Å². The van der Waals surface area contributed by atoms with Gasteiger partial charge in [-0.25, -0.2) is 4.79 Å². The van der Waals surface area contributed by atoms with Crippen LogP contribution in [0.15, 0.2) is 42.5 Å². The Kier molecular flexibility index (Phi) is 6.93. The molecule has 1 amide bonds. The van der Waals surface area contributed by atoms with Crippen LogP contribution < -0.4 is 14.8 Å². The molecule has 7 heteroatoms. The molecule has 0 spiro atoms. The number of aryl methyl sites for hydroxylation is 1. The summed E-state index contributed by atoms with van der Waals surface area (Å²) in [5, 5.41) is 2.75. The van der Waals surface area contributed by atoms with Gasteiger partial charge in [0.05, 0.1) is 7.11 Å². The first kappa shape index (κ1) is 20.0. The van der Waals surface area contributed by atoms with E-state index in [2.05, 4.69) is 10.1 Å². The van der Waals surface area contributed by atoms with Crippen molar-refractivity contribution in [3.8, 4) is 11.5 Å². The maximum atomic E-state index is 12.1. The Morgan fingerprint density at radius 2 is 1.56 bits per heavy atom. The molecule has 0 radical (unpaired) electrons. The van der Waals surface area contributed by atoms with Crippen molar-refractivity contribution in [1.82, 2.24) is 0 Å². The van der Waals surface area contributed by atoms with Crippen LogP contribution in [0.5, 0.6) is 11.5 Å². The minimum absolute atomic E-state index is 0.0335. The summed E-state index contributed by atoms with van der Waals surface area (Å²) in [5.74, 6) is 0.167. The molecule has 0 aliphatic carbocycles. The highest BCUT2D eigenvalue weighted by atomic mass is 16.6. The number of esters is 1.